The quantitative estimate of drug-likeness (QED) is 0.565. The molecular formula is C19H19Cl2NO5. The van der Waals surface area contributed by atoms with Crippen molar-refractivity contribution in [1.29, 1.82) is 0 Å². The van der Waals surface area contributed by atoms with E-state index in [1.807, 2.05) is 13.8 Å². The minimum Gasteiger partial charge on any atom is -0.508 e. The zero-order valence-corrected chi connectivity index (χ0v) is 16.3. The second-order valence-corrected chi connectivity index (χ2v) is 7.00. The summed E-state index contributed by atoms with van der Waals surface area (Å²) in [4.78, 5) is 22.2. The third-order valence-corrected chi connectivity index (χ3v) is 4.25. The molecule has 0 saturated heterocycles. The molecule has 0 aliphatic rings. The van der Waals surface area contributed by atoms with Gasteiger partial charge in [-0.15, -0.1) is 0 Å². The van der Waals surface area contributed by atoms with Crippen LogP contribution < -0.4 is 10.1 Å². The molecule has 0 atom stereocenters. The molecule has 2 aromatic rings. The molecule has 0 heterocycles. The molecule has 0 unspecified atom stereocenters. The van der Waals surface area contributed by atoms with E-state index in [0.717, 1.165) is 5.56 Å². The Bertz CT molecular complexity index is 844. The van der Waals surface area contributed by atoms with E-state index < -0.39 is 11.9 Å². The number of phenols is 1. The van der Waals surface area contributed by atoms with Crippen molar-refractivity contribution in [2.45, 2.75) is 32.6 Å². The lowest BCUT2D eigenvalue weighted by Gasteiger charge is -2.14. The number of carbonyl (C=O) groups excluding carboxylic acids is 1. The molecule has 3 N–H and O–H groups in total. The number of hydrogen-bond donors (Lipinski definition) is 3. The summed E-state index contributed by atoms with van der Waals surface area (Å²) < 4.78 is 5.76. The molecule has 0 spiro atoms. The zero-order chi connectivity index (χ0) is 20.1. The molecule has 0 aliphatic heterocycles. The summed E-state index contributed by atoms with van der Waals surface area (Å²) in [6.07, 6.45) is -0.429. The number of phenolic OH excluding ortho intramolecular Hbond substituents is 1. The van der Waals surface area contributed by atoms with E-state index in [1.165, 1.54) is 18.2 Å². The smallest absolute Gasteiger partial charge is 0.303 e. The molecule has 8 heteroatoms. The predicted octanol–water partition coefficient (Wildman–Crippen LogP) is 5.42. The van der Waals surface area contributed by atoms with Crippen LogP contribution in [0.5, 0.6) is 17.2 Å². The summed E-state index contributed by atoms with van der Waals surface area (Å²) in [5.74, 6) is -0.574. The Morgan fingerprint density at radius 3 is 2.30 bits per heavy atom. The van der Waals surface area contributed by atoms with Crippen molar-refractivity contribution < 1.29 is 24.5 Å². The Kier molecular flexibility index (Phi) is 6.93. The normalized spacial score (nSPS) is 10.7. The van der Waals surface area contributed by atoms with Gasteiger partial charge in [0, 0.05) is 17.7 Å². The van der Waals surface area contributed by atoms with Crippen LogP contribution in [-0.2, 0) is 9.59 Å². The Morgan fingerprint density at radius 1 is 1.11 bits per heavy atom. The van der Waals surface area contributed by atoms with E-state index in [0.29, 0.717) is 11.4 Å². The average molecular weight is 412 g/mol. The van der Waals surface area contributed by atoms with Gasteiger partial charge in [0.25, 0.3) is 0 Å². The second kappa shape index (κ2) is 8.97. The van der Waals surface area contributed by atoms with E-state index in [1.54, 1.807) is 12.1 Å². The highest BCUT2D eigenvalue weighted by molar-refractivity contribution is 6.37. The van der Waals surface area contributed by atoms with Gasteiger partial charge in [-0.2, -0.15) is 0 Å². The number of aliphatic carboxylic acids is 1. The van der Waals surface area contributed by atoms with E-state index in [2.05, 4.69) is 5.32 Å². The van der Waals surface area contributed by atoms with Crippen LogP contribution in [0.15, 0.2) is 30.3 Å². The summed E-state index contributed by atoms with van der Waals surface area (Å²) >= 11 is 12.4. The Hall–Kier alpha value is -2.44. The number of amides is 1. The maximum Gasteiger partial charge on any atom is 0.303 e. The lowest BCUT2D eigenvalue weighted by Crippen LogP contribution is -2.13. The molecule has 0 radical (unpaired) electrons. The van der Waals surface area contributed by atoms with E-state index in [-0.39, 0.29) is 40.3 Å². The van der Waals surface area contributed by atoms with Gasteiger partial charge in [0.1, 0.15) is 11.5 Å². The molecule has 1 amide bonds. The number of hydrogen-bond acceptors (Lipinski definition) is 4. The Morgan fingerprint density at radius 2 is 1.74 bits per heavy atom. The molecular weight excluding hydrogens is 393 g/mol. The van der Waals surface area contributed by atoms with Crippen molar-refractivity contribution in [3.8, 4) is 17.2 Å². The van der Waals surface area contributed by atoms with Gasteiger partial charge in [0.15, 0.2) is 5.75 Å². The fourth-order valence-electron chi connectivity index (χ4n) is 2.35. The highest BCUT2D eigenvalue weighted by Crippen LogP contribution is 2.40. The number of carboxylic acid groups (broad SMARTS) is 1. The fraction of sp³-hybridized carbons (Fsp3) is 0.263. The first-order valence-electron chi connectivity index (χ1n) is 8.18. The molecule has 0 aliphatic carbocycles. The fourth-order valence-corrected chi connectivity index (χ4v) is 2.91. The second-order valence-electron chi connectivity index (χ2n) is 6.19. The first-order chi connectivity index (χ1) is 12.7. The van der Waals surface area contributed by atoms with Crippen LogP contribution in [0.1, 0.15) is 38.2 Å². The van der Waals surface area contributed by atoms with Crippen LogP contribution in [0.3, 0.4) is 0 Å². The molecule has 2 aromatic carbocycles. The largest absolute Gasteiger partial charge is 0.508 e. The monoisotopic (exact) mass is 411 g/mol. The number of aromatic hydroxyl groups is 1. The van der Waals surface area contributed by atoms with Gasteiger partial charge in [0.05, 0.1) is 16.5 Å². The third kappa shape index (κ3) is 5.77. The topological polar surface area (TPSA) is 95.9 Å². The van der Waals surface area contributed by atoms with E-state index in [4.69, 9.17) is 33.0 Å². The maximum absolute atomic E-state index is 11.7. The van der Waals surface area contributed by atoms with E-state index in [9.17, 15) is 14.7 Å². The first kappa shape index (κ1) is 20.9. The van der Waals surface area contributed by atoms with Crippen molar-refractivity contribution in [1.82, 2.24) is 0 Å². The number of halogens is 2. The molecule has 0 bridgehead atoms. The Balaban J connectivity index is 2.19. The molecule has 2 rings (SSSR count). The minimum absolute atomic E-state index is 0.0999. The highest BCUT2D eigenvalue weighted by atomic mass is 35.5. The molecule has 27 heavy (non-hydrogen) atoms. The maximum atomic E-state index is 11.7. The molecule has 6 nitrogen and oxygen atoms in total. The van der Waals surface area contributed by atoms with Gasteiger partial charge < -0.3 is 20.3 Å². The third-order valence-electron chi connectivity index (χ3n) is 3.69. The van der Waals surface area contributed by atoms with Gasteiger partial charge in [-0.3, -0.25) is 9.59 Å². The van der Waals surface area contributed by atoms with Crippen molar-refractivity contribution >= 4 is 40.8 Å². The number of ether oxygens (including phenoxy) is 1. The van der Waals surface area contributed by atoms with Crippen LogP contribution >= 0.6 is 23.2 Å². The van der Waals surface area contributed by atoms with Crippen LogP contribution in [-0.4, -0.2) is 22.1 Å². The predicted molar refractivity (Wildman–Crippen MR) is 104 cm³/mol. The Labute approximate surface area is 166 Å². The van der Waals surface area contributed by atoms with Gasteiger partial charge in [-0.1, -0.05) is 37.0 Å². The van der Waals surface area contributed by atoms with E-state index >= 15 is 0 Å². The summed E-state index contributed by atoms with van der Waals surface area (Å²) in [6.45, 7) is 3.89. The average Bonchev–Trinajstić information content (AvgIpc) is 2.57. The standard InChI is InChI=1S/C19H19Cl2NO5/c1-10(2)13-9-12(3-4-16(13)23)27-19-14(20)7-11(8-15(19)21)22-17(24)5-6-18(25)26/h3-4,7-10,23H,5-6H2,1-2H3,(H,22,24)(H,25,26). The van der Waals surface area contributed by atoms with Crippen molar-refractivity contribution in [3.63, 3.8) is 0 Å². The lowest BCUT2D eigenvalue weighted by atomic mass is 10.0. The number of benzene rings is 2. The van der Waals surface area contributed by atoms with Crippen LogP contribution in [0.25, 0.3) is 0 Å². The molecule has 0 aromatic heterocycles. The van der Waals surface area contributed by atoms with Crippen molar-refractivity contribution in [2.75, 3.05) is 5.32 Å². The summed E-state index contributed by atoms with van der Waals surface area (Å²) in [6, 6.07) is 7.75. The molecule has 144 valence electrons. The number of rotatable bonds is 7. The highest BCUT2D eigenvalue weighted by Gasteiger charge is 2.15. The first-order valence-corrected chi connectivity index (χ1v) is 8.94. The SMILES string of the molecule is CC(C)c1cc(Oc2c(Cl)cc(NC(=O)CCC(=O)O)cc2Cl)ccc1O. The zero-order valence-electron chi connectivity index (χ0n) is 14.8. The van der Waals surface area contributed by atoms with Gasteiger partial charge in [-0.05, 0) is 36.2 Å². The minimum atomic E-state index is -1.06. The summed E-state index contributed by atoms with van der Waals surface area (Å²) in [5, 5.41) is 21.4. The van der Waals surface area contributed by atoms with Crippen LogP contribution in [0, 0.1) is 0 Å². The van der Waals surface area contributed by atoms with Gasteiger partial charge in [-0.25, -0.2) is 0 Å². The van der Waals surface area contributed by atoms with Crippen LogP contribution in [0.4, 0.5) is 5.69 Å². The number of anilines is 1. The summed E-state index contributed by atoms with van der Waals surface area (Å²) in [5.41, 5.74) is 1.06. The number of carbonyl (C=O) groups is 2. The lowest BCUT2D eigenvalue weighted by molar-refractivity contribution is -0.138. The molecule has 0 saturated carbocycles. The van der Waals surface area contributed by atoms with Gasteiger partial charge in [0.2, 0.25) is 5.91 Å². The van der Waals surface area contributed by atoms with Crippen molar-refractivity contribution in [3.05, 3.63) is 45.9 Å². The van der Waals surface area contributed by atoms with Crippen LogP contribution in [0.2, 0.25) is 10.0 Å². The number of nitrogens with one attached hydrogen (secondary N) is 1. The molecule has 0 fully saturated rings. The van der Waals surface area contributed by atoms with Gasteiger partial charge >= 0.3 is 5.97 Å². The van der Waals surface area contributed by atoms with Crippen molar-refractivity contribution in [2.24, 2.45) is 0 Å². The summed E-state index contributed by atoms with van der Waals surface area (Å²) in [7, 11) is 0. The number of carboxylic acids is 1.